The van der Waals surface area contributed by atoms with E-state index in [1.54, 1.807) is 27.5 Å². The van der Waals surface area contributed by atoms with Gasteiger partial charge in [0.25, 0.3) is 0 Å². The lowest BCUT2D eigenvalue weighted by Gasteiger charge is -2.32. The Morgan fingerprint density at radius 3 is 2.28 bits per heavy atom. The summed E-state index contributed by atoms with van der Waals surface area (Å²) in [6, 6.07) is 0. The van der Waals surface area contributed by atoms with Gasteiger partial charge in [0.05, 0.1) is 6.33 Å². The fourth-order valence-corrected chi connectivity index (χ4v) is 4.95. The van der Waals surface area contributed by atoms with Crippen molar-refractivity contribution in [2.24, 2.45) is 0 Å². The molecule has 1 atom stereocenters. The molecule has 5 nitrogen and oxygen atoms in total. The predicted octanol–water partition coefficient (Wildman–Crippen LogP) is 2.32. The van der Waals surface area contributed by atoms with Crippen LogP contribution < -0.4 is 0 Å². The molecule has 1 rings (SSSR count). The maximum absolute atomic E-state index is 5.59. The summed E-state index contributed by atoms with van der Waals surface area (Å²) in [4.78, 5) is 4.05. The Bertz CT molecular complexity index is 307. The average Bonchev–Trinajstić information content (AvgIpc) is 2.91. The van der Waals surface area contributed by atoms with Crippen LogP contribution in [0.1, 0.15) is 26.2 Å². The lowest BCUT2D eigenvalue weighted by molar-refractivity contribution is 0.107. The first-order valence-corrected chi connectivity index (χ1v) is 8.13. The fourth-order valence-electron chi connectivity index (χ4n) is 2.32. The van der Waals surface area contributed by atoms with Crippen molar-refractivity contribution in [1.82, 2.24) is 9.55 Å². The molecular formula is C12H24N2O3Si. The third-order valence-electron chi connectivity index (χ3n) is 3.29. The SMILES string of the molecule is CCCC(CCn1ccnc1)[Si](OC)(OC)OC. The second-order valence-corrected chi connectivity index (χ2v) is 7.54. The number of nitrogens with zero attached hydrogens (tertiary/aromatic N) is 2. The van der Waals surface area contributed by atoms with Crippen molar-refractivity contribution in [2.75, 3.05) is 21.3 Å². The summed E-state index contributed by atoms with van der Waals surface area (Å²) < 4.78 is 18.8. The van der Waals surface area contributed by atoms with Gasteiger partial charge in [0.15, 0.2) is 0 Å². The van der Waals surface area contributed by atoms with E-state index in [9.17, 15) is 0 Å². The molecule has 0 aliphatic heterocycles. The van der Waals surface area contributed by atoms with E-state index >= 15 is 0 Å². The molecule has 1 unspecified atom stereocenters. The summed E-state index contributed by atoms with van der Waals surface area (Å²) in [5, 5.41) is 0. The first-order valence-electron chi connectivity index (χ1n) is 6.33. The van der Waals surface area contributed by atoms with Crippen LogP contribution in [0.15, 0.2) is 18.7 Å². The summed E-state index contributed by atoms with van der Waals surface area (Å²) in [6.45, 7) is 3.08. The first-order chi connectivity index (χ1) is 8.72. The molecule has 1 heterocycles. The van der Waals surface area contributed by atoms with Crippen molar-refractivity contribution in [3.8, 4) is 0 Å². The number of hydrogen-bond donors (Lipinski definition) is 0. The Balaban J connectivity index is 2.67. The fraction of sp³-hybridized carbons (Fsp3) is 0.750. The maximum Gasteiger partial charge on any atom is 0.503 e. The Morgan fingerprint density at radius 1 is 1.17 bits per heavy atom. The van der Waals surface area contributed by atoms with E-state index < -0.39 is 8.80 Å². The molecule has 6 heteroatoms. The van der Waals surface area contributed by atoms with Gasteiger partial charge < -0.3 is 17.8 Å². The van der Waals surface area contributed by atoms with Crippen molar-refractivity contribution in [2.45, 2.75) is 38.3 Å². The van der Waals surface area contributed by atoms with Crippen molar-refractivity contribution in [1.29, 1.82) is 0 Å². The Labute approximate surface area is 110 Å². The second-order valence-electron chi connectivity index (χ2n) is 4.29. The number of aryl methyl sites for hydroxylation is 1. The lowest BCUT2D eigenvalue weighted by atomic mass is 10.2. The number of aromatic nitrogens is 2. The van der Waals surface area contributed by atoms with E-state index in [0.717, 1.165) is 25.8 Å². The lowest BCUT2D eigenvalue weighted by Crippen LogP contribution is -2.48. The van der Waals surface area contributed by atoms with Crippen LogP contribution >= 0.6 is 0 Å². The molecule has 0 saturated carbocycles. The van der Waals surface area contributed by atoms with Gasteiger partial charge >= 0.3 is 8.80 Å². The van der Waals surface area contributed by atoms with E-state index in [1.807, 2.05) is 12.5 Å². The monoisotopic (exact) mass is 272 g/mol. The van der Waals surface area contributed by atoms with Gasteiger partial charge in [0, 0.05) is 45.8 Å². The van der Waals surface area contributed by atoms with Gasteiger partial charge in [-0.3, -0.25) is 0 Å². The van der Waals surface area contributed by atoms with Gasteiger partial charge in [-0.05, 0) is 12.8 Å². The minimum atomic E-state index is -2.54. The molecule has 104 valence electrons. The summed E-state index contributed by atoms with van der Waals surface area (Å²) in [7, 11) is 2.50. The summed E-state index contributed by atoms with van der Waals surface area (Å²) in [5.74, 6) is 0. The molecule has 0 saturated heterocycles. The standard InChI is InChI=1S/C12H24N2O3Si/c1-5-6-12(18(15-2,16-3)17-4)7-9-14-10-8-13-11-14/h8,10-12H,5-7,9H2,1-4H3. The molecule has 0 aliphatic rings. The zero-order chi connectivity index (χ0) is 13.4. The zero-order valence-corrected chi connectivity index (χ0v) is 12.8. The second kappa shape index (κ2) is 7.68. The van der Waals surface area contributed by atoms with E-state index in [4.69, 9.17) is 13.3 Å². The number of imidazole rings is 1. The topological polar surface area (TPSA) is 45.5 Å². The molecule has 0 N–H and O–H groups in total. The van der Waals surface area contributed by atoms with E-state index in [-0.39, 0.29) is 0 Å². The molecule has 1 aromatic rings. The zero-order valence-electron chi connectivity index (χ0n) is 11.8. The number of rotatable bonds is 9. The van der Waals surface area contributed by atoms with Gasteiger partial charge in [-0.1, -0.05) is 13.3 Å². The molecule has 0 radical (unpaired) electrons. The van der Waals surface area contributed by atoms with Crippen molar-refractivity contribution in [3.05, 3.63) is 18.7 Å². The minimum absolute atomic E-state index is 0.324. The van der Waals surface area contributed by atoms with Gasteiger partial charge in [0.2, 0.25) is 0 Å². The Hall–Kier alpha value is -0.693. The van der Waals surface area contributed by atoms with Crippen LogP contribution in [0.5, 0.6) is 0 Å². The number of hydrogen-bond acceptors (Lipinski definition) is 4. The van der Waals surface area contributed by atoms with Gasteiger partial charge in [-0.15, -0.1) is 0 Å². The molecule has 18 heavy (non-hydrogen) atoms. The van der Waals surface area contributed by atoms with Crippen molar-refractivity contribution >= 4 is 8.80 Å². The summed E-state index contributed by atoms with van der Waals surface area (Å²) >= 11 is 0. The average molecular weight is 272 g/mol. The quantitative estimate of drug-likeness (QED) is 0.647. The molecule has 1 aromatic heterocycles. The molecular weight excluding hydrogens is 248 g/mol. The van der Waals surface area contributed by atoms with Gasteiger partial charge in [-0.25, -0.2) is 4.98 Å². The van der Waals surface area contributed by atoms with Crippen LogP contribution in [0.3, 0.4) is 0 Å². The molecule has 0 fully saturated rings. The highest BCUT2D eigenvalue weighted by atomic mass is 28.4. The third-order valence-corrected chi connectivity index (χ3v) is 6.57. The van der Waals surface area contributed by atoms with Crippen LogP contribution in [0.4, 0.5) is 0 Å². The summed E-state index contributed by atoms with van der Waals surface area (Å²) in [6.07, 6.45) is 8.72. The van der Waals surface area contributed by atoms with Gasteiger partial charge in [-0.2, -0.15) is 0 Å². The molecule has 0 aromatic carbocycles. The minimum Gasteiger partial charge on any atom is -0.377 e. The van der Waals surface area contributed by atoms with Crippen LogP contribution in [0.25, 0.3) is 0 Å². The van der Waals surface area contributed by atoms with E-state index in [1.165, 1.54) is 0 Å². The van der Waals surface area contributed by atoms with Gasteiger partial charge in [0.1, 0.15) is 0 Å². The molecule has 0 spiro atoms. The largest absolute Gasteiger partial charge is 0.503 e. The highest BCUT2D eigenvalue weighted by molar-refractivity contribution is 6.62. The highest BCUT2D eigenvalue weighted by Gasteiger charge is 2.46. The molecule has 0 amide bonds. The normalized spacial score (nSPS) is 13.8. The molecule has 0 bridgehead atoms. The van der Waals surface area contributed by atoms with Crippen molar-refractivity contribution < 1.29 is 13.3 Å². The van der Waals surface area contributed by atoms with E-state index in [2.05, 4.69) is 16.5 Å². The van der Waals surface area contributed by atoms with Crippen LogP contribution in [-0.4, -0.2) is 39.7 Å². The first kappa shape index (κ1) is 15.4. The Morgan fingerprint density at radius 2 is 1.83 bits per heavy atom. The Kier molecular flexibility index (Phi) is 6.55. The highest BCUT2D eigenvalue weighted by Crippen LogP contribution is 2.32. The smallest absolute Gasteiger partial charge is 0.377 e. The molecule has 0 aliphatic carbocycles. The van der Waals surface area contributed by atoms with Crippen LogP contribution in [0, 0.1) is 0 Å². The van der Waals surface area contributed by atoms with Crippen LogP contribution in [0.2, 0.25) is 5.54 Å². The summed E-state index contributed by atoms with van der Waals surface area (Å²) in [5.41, 5.74) is 0.324. The third kappa shape index (κ3) is 3.65. The predicted molar refractivity (Wildman–Crippen MR) is 72.3 cm³/mol. The maximum atomic E-state index is 5.59. The van der Waals surface area contributed by atoms with Crippen LogP contribution in [-0.2, 0) is 19.8 Å². The van der Waals surface area contributed by atoms with E-state index in [0.29, 0.717) is 5.54 Å². The van der Waals surface area contributed by atoms with Crippen molar-refractivity contribution in [3.63, 3.8) is 0 Å².